The van der Waals surface area contributed by atoms with Crippen LogP contribution in [-0.2, 0) is 25.0 Å². The summed E-state index contributed by atoms with van der Waals surface area (Å²) in [7, 11) is -9.99. The van der Waals surface area contributed by atoms with Gasteiger partial charge in [0.05, 0.1) is 21.2 Å². The number of hydrogen-bond donors (Lipinski definition) is 4. The average Bonchev–Trinajstić information content (AvgIpc) is 3.47. The van der Waals surface area contributed by atoms with Crippen LogP contribution in [0.3, 0.4) is 0 Å². The van der Waals surface area contributed by atoms with Crippen LogP contribution in [0.1, 0.15) is 25.7 Å². The highest BCUT2D eigenvalue weighted by molar-refractivity contribution is 9.10. The minimum atomic E-state index is -5.11. The molecule has 7 N–H and O–H groups in total. The van der Waals surface area contributed by atoms with Gasteiger partial charge in [0.25, 0.3) is 20.2 Å². The van der Waals surface area contributed by atoms with Crippen LogP contribution in [0.15, 0.2) is 16.9 Å². The van der Waals surface area contributed by atoms with E-state index in [4.69, 9.17) is 5.73 Å². The lowest BCUT2D eigenvalue weighted by Crippen LogP contribution is -2.49. The zero-order valence-corrected chi connectivity index (χ0v) is 21.1. The number of aromatic amines is 1. The van der Waals surface area contributed by atoms with Gasteiger partial charge in [0.15, 0.2) is 5.37 Å². The molecule has 0 aromatic carbocycles. The monoisotopic (exact) mass is 583 g/mol. The molecule has 2 fully saturated rings. The number of pyridine rings is 1. The summed E-state index contributed by atoms with van der Waals surface area (Å²) in [5, 5.41) is -1.87. The highest BCUT2D eigenvalue weighted by atomic mass is 79.9. The summed E-state index contributed by atoms with van der Waals surface area (Å²) >= 11 is 3.48. The van der Waals surface area contributed by atoms with Gasteiger partial charge in [-0.1, -0.05) is 0 Å². The first-order valence-corrected chi connectivity index (χ1v) is 14.2. The SMILES string of the molecule is NC1CCCN(c2c(Br)cnc3[nH]cc(N(C(=O)C4CC4)[C@@H](CS(=O)(=O)O)S(=O)(=O)O)c23)C1.O. The lowest BCUT2D eigenvalue weighted by Gasteiger charge is -2.35. The fourth-order valence-electron chi connectivity index (χ4n) is 4.17. The van der Waals surface area contributed by atoms with E-state index >= 15 is 0 Å². The Bertz CT molecular complexity index is 1290. The van der Waals surface area contributed by atoms with Gasteiger partial charge >= 0.3 is 0 Å². The fourth-order valence-corrected chi connectivity index (χ4v) is 6.92. The molecule has 2 aromatic rings. The van der Waals surface area contributed by atoms with E-state index in [2.05, 4.69) is 25.9 Å². The topological polar surface area (TPSA) is 218 Å². The van der Waals surface area contributed by atoms with Gasteiger partial charge in [-0.2, -0.15) is 16.8 Å². The quantitative estimate of drug-likeness (QED) is 0.326. The smallest absolute Gasteiger partial charge is 0.287 e. The van der Waals surface area contributed by atoms with Gasteiger partial charge in [0, 0.05) is 37.4 Å². The van der Waals surface area contributed by atoms with Crippen molar-refractivity contribution in [3.05, 3.63) is 16.9 Å². The van der Waals surface area contributed by atoms with E-state index in [0.29, 0.717) is 47.1 Å². The fraction of sp³-hybridized carbons (Fsp3) is 0.556. The van der Waals surface area contributed by atoms with E-state index < -0.39 is 43.2 Å². The molecule has 1 saturated carbocycles. The molecule has 1 aliphatic heterocycles. The lowest BCUT2D eigenvalue weighted by molar-refractivity contribution is -0.119. The number of hydrogen-bond acceptors (Lipinski definition) is 8. The van der Waals surface area contributed by atoms with E-state index in [9.17, 15) is 30.7 Å². The van der Waals surface area contributed by atoms with Crippen molar-refractivity contribution in [1.82, 2.24) is 9.97 Å². The van der Waals surface area contributed by atoms with Gasteiger partial charge in [-0.25, -0.2) is 4.98 Å². The molecule has 0 bridgehead atoms. The van der Waals surface area contributed by atoms with E-state index in [1.807, 2.05) is 4.90 Å². The maximum atomic E-state index is 13.2. The third-order valence-corrected chi connectivity index (χ3v) is 8.38. The van der Waals surface area contributed by atoms with Crippen LogP contribution >= 0.6 is 15.9 Å². The molecule has 1 aliphatic carbocycles. The molecule has 1 saturated heterocycles. The zero-order valence-electron chi connectivity index (χ0n) is 17.9. The number of nitrogens with one attached hydrogen (secondary N) is 1. The van der Waals surface area contributed by atoms with E-state index in [-0.39, 0.29) is 17.2 Å². The molecule has 3 heterocycles. The molecule has 34 heavy (non-hydrogen) atoms. The Balaban J connectivity index is 0.00000324. The Labute approximate surface area is 204 Å². The Morgan fingerprint density at radius 1 is 1.29 bits per heavy atom. The molecule has 13 nitrogen and oxygen atoms in total. The van der Waals surface area contributed by atoms with Crippen molar-refractivity contribution in [3.63, 3.8) is 0 Å². The molecule has 1 unspecified atom stereocenters. The van der Waals surface area contributed by atoms with Gasteiger partial charge in [-0.3, -0.25) is 18.8 Å². The molecule has 2 aliphatic rings. The largest absolute Gasteiger partial charge is 0.412 e. The maximum Gasteiger partial charge on any atom is 0.287 e. The molecule has 16 heteroatoms. The second kappa shape index (κ2) is 9.67. The number of nitrogens with zero attached hydrogens (tertiary/aromatic N) is 3. The van der Waals surface area contributed by atoms with E-state index in [0.717, 1.165) is 17.7 Å². The van der Waals surface area contributed by atoms with Crippen molar-refractivity contribution in [2.45, 2.75) is 37.1 Å². The standard InChI is InChI=1S/C18H24BrN5O7S2.H2O/c19-12-6-21-17-15(16(12)23-5-1-2-11(20)8-23)13(7-22-17)24(18(25)10-3-4-10)14(33(29,30)31)9-32(26,27)28;/h6-7,10-11,14H,1-5,8-9,20H2,(H,21,22)(H,26,27,28)(H,29,30,31);1H2/t11?,14-;/m1./s1. The van der Waals surface area contributed by atoms with Crippen molar-refractivity contribution < 1.29 is 36.2 Å². The van der Waals surface area contributed by atoms with Crippen molar-refractivity contribution >= 4 is 64.5 Å². The minimum absolute atomic E-state index is 0. The van der Waals surface area contributed by atoms with Crippen molar-refractivity contribution in [3.8, 4) is 0 Å². The molecule has 0 radical (unpaired) electrons. The van der Waals surface area contributed by atoms with Gasteiger partial charge in [0.2, 0.25) is 5.91 Å². The molecule has 0 spiro atoms. The van der Waals surface area contributed by atoms with Crippen LogP contribution in [-0.4, -0.2) is 77.6 Å². The first-order valence-electron chi connectivity index (χ1n) is 10.3. The molecular weight excluding hydrogens is 558 g/mol. The average molecular weight is 584 g/mol. The summed E-state index contributed by atoms with van der Waals surface area (Å²) in [6.45, 7) is 1.16. The van der Waals surface area contributed by atoms with Crippen molar-refractivity contribution in [1.29, 1.82) is 0 Å². The van der Waals surface area contributed by atoms with Gasteiger partial charge in [-0.05, 0) is 41.6 Å². The summed E-state index contributed by atoms with van der Waals surface area (Å²) in [6, 6.07) is -0.0921. The number of nitrogens with two attached hydrogens (primary N) is 1. The summed E-state index contributed by atoms with van der Waals surface area (Å²) < 4.78 is 67.6. The summed E-state index contributed by atoms with van der Waals surface area (Å²) in [5.74, 6) is -2.57. The number of amides is 1. The van der Waals surface area contributed by atoms with Crippen LogP contribution in [0.4, 0.5) is 11.4 Å². The molecule has 2 aromatic heterocycles. The van der Waals surface area contributed by atoms with Crippen molar-refractivity contribution in [2.24, 2.45) is 11.7 Å². The van der Waals surface area contributed by atoms with Crippen LogP contribution in [0, 0.1) is 5.92 Å². The van der Waals surface area contributed by atoms with Crippen LogP contribution in [0.2, 0.25) is 0 Å². The third kappa shape index (κ3) is 5.53. The third-order valence-electron chi connectivity index (χ3n) is 5.79. The number of anilines is 2. The maximum absolute atomic E-state index is 13.2. The molecule has 2 atom stereocenters. The lowest BCUT2D eigenvalue weighted by atomic mass is 10.1. The van der Waals surface area contributed by atoms with Crippen LogP contribution in [0.5, 0.6) is 0 Å². The molecule has 190 valence electrons. The first kappa shape index (κ1) is 26.8. The second-order valence-electron chi connectivity index (χ2n) is 8.40. The predicted molar refractivity (Wildman–Crippen MR) is 129 cm³/mol. The van der Waals surface area contributed by atoms with Gasteiger partial charge in [0.1, 0.15) is 11.4 Å². The normalized spacial score (nSPS) is 20.1. The summed E-state index contributed by atoms with van der Waals surface area (Å²) in [5.41, 5.74) is 7.13. The number of H-pyrrole nitrogens is 1. The zero-order chi connectivity index (χ0) is 24.1. The number of rotatable bonds is 7. The number of fused-ring (bicyclic) bond motifs is 1. The van der Waals surface area contributed by atoms with E-state index in [1.165, 1.54) is 6.20 Å². The highest BCUT2D eigenvalue weighted by Crippen LogP contribution is 2.43. The van der Waals surface area contributed by atoms with Gasteiger partial charge in [-0.15, -0.1) is 0 Å². The van der Waals surface area contributed by atoms with Crippen molar-refractivity contribution in [2.75, 3.05) is 28.6 Å². The summed E-state index contributed by atoms with van der Waals surface area (Å²) in [6.07, 6.45) is 5.56. The predicted octanol–water partition coefficient (Wildman–Crippen LogP) is 0.273. The van der Waals surface area contributed by atoms with E-state index in [1.54, 1.807) is 6.20 Å². The number of aromatic nitrogens is 2. The first-order chi connectivity index (χ1) is 15.4. The van der Waals surface area contributed by atoms with Gasteiger partial charge < -0.3 is 21.1 Å². The number of carbonyl (C=O) groups excluding carboxylic acids is 1. The molecule has 4 rings (SSSR count). The van der Waals surface area contributed by atoms with Crippen LogP contribution < -0.4 is 15.5 Å². The number of carbonyl (C=O) groups is 1. The second-order valence-corrected chi connectivity index (χ2v) is 12.3. The van der Waals surface area contributed by atoms with Crippen LogP contribution in [0.25, 0.3) is 11.0 Å². The Kier molecular flexibility index (Phi) is 7.62. The molecular formula is C18H26BrN5O8S2. The Morgan fingerprint density at radius 2 is 1.97 bits per heavy atom. The number of piperidine rings is 1. The molecule has 1 amide bonds. The number of halogens is 1. The highest BCUT2D eigenvalue weighted by Gasteiger charge is 2.44. The summed E-state index contributed by atoms with van der Waals surface area (Å²) in [4.78, 5) is 23.2. The Morgan fingerprint density at radius 3 is 2.53 bits per heavy atom. The minimum Gasteiger partial charge on any atom is -0.412 e. The Hall–Kier alpha value is -1.82.